The van der Waals surface area contributed by atoms with Crippen molar-refractivity contribution in [1.29, 1.82) is 0 Å². The normalized spacial score (nSPS) is 25.8. The van der Waals surface area contributed by atoms with Crippen molar-refractivity contribution >= 4 is 22.9 Å². The summed E-state index contributed by atoms with van der Waals surface area (Å²) in [7, 11) is 0. The molecule has 1 heterocycles. The van der Waals surface area contributed by atoms with Crippen LogP contribution in [0.4, 0.5) is 4.79 Å². The number of ether oxygens (including phenoxy) is 1. The van der Waals surface area contributed by atoms with Gasteiger partial charge in [-0.25, -0.2) is 9.79 Å². The molecule has 19 heavy (non-hydrogen) atoms. The zero-order valence-electron chi connectivity index (χ0n) is 10.8. The maximum atomic E-state index is 11.5. The van der Waals surface area contributed by atoms with Gasteiger partial charge in [0.25, 0.3) is 0 Å². The van der Waals surface area contributed by atoms with E-state index in [1.54, 1.807) is 26.0 Å². The lowest BCUT2D eigenvalue weighted by molar-refractivity contribution is 0.0361. The summed E-state index contributed by atoms with van der Waals surface area (Å²) in [5, 5.41) is 13.5. The summed E-state index contributed by atoms with van der Waals surface area (Å²) >= 11 is 1.31. The highest BCUT2D eigenvalue weighted by Crippen LogP contribution is 2.39. The third kappa shape index (κ3) is 2.90. The van der Waals surface area contributed by atoms with Crippen molar-refractivity contribution in [2.45, 2.75) is 24.9 Å². The zero-order chi connectivity index (χ0) is 13.9. The number of carbonyl (C=O) groups excluding carboxylic acids is 1. The summed E-state index contributed by atoms with van der Waals surface area (Å²) in [5.74, 6) is 0. The molecule has 0 saturated carbocycles. The first-order valence-electron chi connectivity index (χ1n) is 6.00. The maximum Gasteiger partial charge on any atom is 0.408 e. The van der Waals surface area contributed by atoms with Crippen LogP contribution in [0.25, 0.3) is 0 Å². The standard InChI is InChI=1S/C13H16N2O3S/c1-3-18-12(16)14-11-13(17,15-9(2)19-11)10-7-5-4-6-8-10/h4-8,11,17H,3H2,1-2H3,(H,14,16). The van der Waals surface area contributed by atoms with Crippen LogP contribution in [0, 0.1) is 0 Å². The van der Waals surface area contributed by atoms with E-state index in [4.69, 9.17) is 4.74 Å². The predicted octanol–water partition coefficient (Wildman–Crippen LogP) is 2.07. The Morgan fingerprint density at radius 1 is 1.53 bits per heavy atom. The Morgan fingerprint density at radius 2 is 2.21 bits per heavy atom. The van der Waals surface area contributed by atoms with Crippen LogP contribution >= 0.6 is 11.8 Å². The Bertz CT molecular complexity index is 492. The van der Waals surface area contributed by atoms with Crippen molar-refractivity contribution in [3.8, 4) is 0 Å². The number of aliphatic imine (C=N–C) groups is 1. The molecule has 6 heteroatoms. The molecule has 1 amide bonds. The van der Waals surface area contributed by atoms with Crippen molar-refractivity contribution in [3.63, 3.8) is 0 Å². The lowest BCUT2D eigenvalue weighted by Gasteiger charge is -2.27. The number of aliphatic hydroxyl groups is 1. The van der Waals surface area contributed by atoms with Gasteiger partial charge >= 0.3 is 6.09 Å². The summed E-state index contributed by atoms with van der Waals surface area (Å²) in [6.07, 6.45) is -0.556. The molecule has 0 fully saturated rings. The minimum absolute atomic E-state index is 0.285. The van der Waals surface area contributed by atoms with Gasteiger partial charge in [-0.05, 0) is 13.8 Å². The smallest absolute Gasteiger partial charge is 0.408 e. The first-order chi connectivity index (χ1) is 9.06. The van der Waals surface area contributed by atoms with Crippen LogP contribution in [0.15, 0.2) is 35.3 Å². The molecule has 0 saturated heterocycles. The molecule has 2 rings (SSSR count). The largest absolute Gasteiger partial charge is 0.450 e. The highest BCUT2D eigenvalue weighted by Gasteiger charge is 2.45. The summed E-state index contributed by atoms with van der Waals surface area (Å²) in [4.78, 5) is 15.8. The van der Waals surface area contributed by atoms with E-state index in [9.17, 15) is 9.90 Å². The number of thioether (sulfide) groups is 1. The molecule has 2 atom stereocenters. The monoisotopic (exact) mass is 280 g/mol. The van der Waals surface area contributed by atoms with E-state index in [0.29, 0.717) is 10.6 Å². The van der Waals surface area contributed by atoms with E-state index in [2.05, 4.69) is 10.3 Å². The summed E-state index contributed by atoms with van der Waals surface area (Å²) < 4.78 is 4.84. The lowest BCUT2D eigenvalue weighted by atomic mass is 10.0. The number of hydrogen-bond acceptors (Lipinski definition) is 5. The molecule has 2 unspecified atom stereocenters. The van der Waals surface area contributed by atoms with Gasteiger partial charge in [0.1, 0.15) is 5.37 Å². The summed E-state index contributed by atoms with van der Waals surface area (Å²) in [6.45, 7) is 3.81. The molecule has 1 aliphatic rings. The van der Waals surface area contributed by atoms with Gasteiger partial charge in [0.05, 0.1) is 11.7 Å². The highest BCUT2D eigenvalue weighted by molar-refractivity contribution is 8.14. The van der Waals surface area contributed by atoms with E-state index < -0.39 is 17.2 Å². The average Bonchev–Trinajstić information content (AvgIpc) is 2.67. The van der Waals surface area contributed by atoms with Crippen molar-refractivity contribution in [2.24, 2.45) is 4.99 Å². The summed E-state index contributed by atoms with van der Waals surface area (Å²) in [5.41, 5.74) is -0.816. The molecule has 0 radical (unpaired) electrons. The topological polar surface area (TPSA) is 70.9 Å². The van der Waals surface area contributed by atoms with Crippen LogP contribution in [0.3, 0.4) is 0 Å². The number of alkyl carbamates (subject to hydrolysis) is 1. The van der Waals surface area contributed by atoms with Gasteiger partial charge in [0.15, 0.2) is 0 Å². The van der Waals surface area contributed by atoms with E-state index in [-0.39, 0.29) is 6.61 Å². The first kappa shape index (κ1) is 13.9. The third-order valence-corrected chi connectivity index (χ3v) is 3.82. The maximum absolute atomic E-state index is 11.5. The molecule has 1 aromatic rings. The number of carbonyl (C=O) groups is 1. The Balaban J connectivity index is 2.23. The Hall–Kier alpha value is -1.53. The molecular weight excluding hydrogens is 264 g/mol. The van der Waals surface area contributed by atoms with Crippen LogP contribution < -0.4 is 5.32 Å². The number of nitrogens with zero attached hydrogens (tertiary/aromatic N) is 1. The van der Waals surface area contributed by atoms with Gasteiger partial charge in [0.2, 0.25) is 5.72 Å². The molecule has 0 spiro atoms. The van der Waals surface area contributed by atoms with Crippen LogP contribution in [-0.4, -0.2) is 28.2 Å². The second-order valence-electron chi connectivity index (χ2n) is 4.09. The van der Waals surface area contributed by atoms with Crippen LogP contribution in [0.2, 0.25) is 0 Å². The molecule has 1 aliphatic heterocycles. The Kier molecular flexibility index (Phi) is 4.11. The van der Waals surface area contributed by atoms with Gasteiger partial charge in [-0.3, -0.25) is 0 Å². The second-order valence-corrected chi connectivity index (χ2v) is 5.38. The van der Waals surface area contributed by atoms with Gasteiger partial charge < -0.3 is 15.2 Å². The van der Waals surface area contributed by atoms with E-state index in [1.165, 1.54) is 11.8 Å². The van der Waals surface area contributed by atoms with Gasteiger partial charge in [-0.1, -0.05) is 42.1 Å². The van der Waals surface area contributed by atoms with Crippen molar-refractivity contribution in [3.05, 3.63) is 35.9 Å². The fourth-order valence-electron chi connectivity index (χ4n) is 1.89. The highest BCUT2D eigenvalue weighted by atomic mass is 32.2. The van der Waals surface area contributed by atoms with Crippen LogP contribution in [-0.2, 0) is 10.5 Å². The second kappa shape index (κ2) is 5.63. The lowest BCUT2D eigenvalue weighted by Crippen LogP contribution is -2.45. The molecule has 5 nitrogen and oxygen atoms in total. The molecular formula is C13H16N2O3S. The van der Waals surface area contributed by atoms with Gasteiger partial charge in [-0.15, -0.1) is 0 Å². The van der Waals surface area contributed by atoms with Gasteiger partial charge in [0, 0.05) is 5.56 Å². The van der Waals surface area contributed by atoms with Crippen molar-refractivity contribution < 1.29 is 14.6 Å². The number of hydrogen-bond donors (Lipinski definition) is 2. The number of benzene rings is 1. The molecule has 0 aromatic heterocycles. The molecule has 102 valence electrons. The first-order valence-corrected chi connectivity index (χ1v) is 6.88. The Labute approximate surface area is 116 Å². The average molecular weight is 280 g/mol. The Morgan fingerprint density at radius 3 is 2.84 bits per heavy atom. The third-order valence-electron chi connectivity index (χ3n) is 2.70. The van der Waals surface area contributed by atoms with E-state index >= 15 is 0 Å². The predicted molar refractivity (Wildman–Crippen MR) is 75.0 cm³/mol. The number of rotatable bonds is 3. The minimum atomic E-state index is -1.46. The number of nitrogens with one attached hydrogen (secondary N) is 1. The van der Waals surface area contributed by atoms with Crippen LogP contribution in [0.1, 0.15) is 19.4 Å². The minimum Gasteiger partial charge on any atom is -0.450 e. The summed E-state index contributed by atoms with van der Waals surface area (Å²) in [6, 6.07) is 9.06. The van der Waals surface area contributed by atoms with Crippen LogP contribution in [0.5, 0.6) is 0 Å². The van der Waals surface area contributed by atoms with Crippen molar-refractivity contribution in [1.82, 2.24) is 5.32 Å². The molecule has 0 bridgehead atoms. The number of amides is 1. The molecule has 1 aromatic carbocycles. The molecule has 0 aliphatic carbocycles. The fourth-order valence-corrected chi connectivity index (χ4v) is 2.93. The van der Waals surface area contributed by atoms with E-state index in [1.807, 2.05) is 18.2 Å². The van der Waals surface area contributed by atoms with Gasteiger partial charge in [-0.2, -0.15) is 0 Å². The quantitative estimate of drug-likeness (QED) is 0.889. The fraction of sp³-hybridized carbons (Fsp3) is 0.385. The van der Waals surface area contributed by atoms with E-state index in [0.717, 1.165) is 0 Å². The molecule has 2 N–H and O–H groups in total. The SMILES string of the molecule is CCOC(=O)NC1SC(C)=NC1(O)c1ccccc1. The van der Waals surface area contributed by atoms with Crippen molar-refractivity contribution in [2.75, 3.05) is 6.61 Å². The zero-order valence-corrected chi connectivity index (χ0v) is 11.6.